The van der Waals surface area contributed by atoms with Gasteiger partial charge < -0.3 is 35.6 Å². The van der Waals surface area contributed by atoms with Crippen LogP contribution in [0.2, 0.25) is 0 Å². The van der Waals surface area contributed by atoms with Crippen LogP contribution < -0.4 is 31.3 Å². The van der Waals surface area contributed by atoms with E-state index in [1.165, 1.54) is 6.20 Å². The normalized spacial score (nSPS) is 13.5. The van der Waals surface area contributed by atoms with E-state index in [1.54, 1.807) is 25.3 Å². The number of aromatic nitrogens is 2. The van der Waals surface area contributed by atoms with Crippen molar-refractivity contribution >= 4 is 46.3 Å². The molecule has 216 valence electrons. The van der Waals surface area contributed by atoms with E-state index in [0.717, 1.165) is 37.6 Å². The van der Waals surface area contributed by atoms with Crippen molar-refractivity contribution in [3.05, 3.63) is 48.7 Å². The molecule has 1 aliphatic heterocycles. The number of hydrogen-bond donors (Lipinski definition) is 4. The Bertz CT molecular complexity index is 1270. The zero-order valence-electron chi connectivity index (χ0n) is 24.5. The summed E-state index contributed by atoms with van der Waals surface area (Å²) in [6, 6.07) is 13.2. The molecular formula is C29H42N8O3. The molecule has 1 fully saturated rings. The van der Waals surface area contributed by atoms with E-state index in [2.05, 4.69) is 48.8 Å². The molecule has 1 amide bonds. The summed E-state index contributed by atoms with van der Waals surface area (Å²) in [5, 5.41) is 9.15. The second kappa shape index (κ2) is 13.7. The van der Waals surface area contributed by atoms with Crippen LogP contribution in [0.25, 0.3) is 0 Å². The highest BCUT2D eigenvalue weighted by Gasteiger charge is 2.18. The highest BCUT2D eigenvalue weighted by atomic mass is 16.6. The Hall–Kier alpha value is -4.25. The molecule has 2 aromatic carbocycles. The van der Waals surface area contributed by atoms with E-state index in [1.807, 2.05) is 52.8 Å². The number of nitrogens with one attached hydrogen (secondary N) is 3. The molecule has 0 aliphatic carbocycles. The van der Waals surface area contributed by atoms with Crippen LogP contribution in [0.1, 0.15) is 34.6 Å². The molecular weight excluding hydrogens is 508 g/mol. The summed E-state index contributed by atoms with van der Waals surface area (Å²) in [5.74, 6) is 1.47. The first-order valence-corrected chi connectivity index (χ1v) is 13.5. The summed E-state index contributed by atoms with van der Waals surface area (Å²) in [7, 11) is 3.78. The monoisotopic (exact) mass is 550 g/mol. The van der Waals surface area contributed by atoms with Crippen LogP contribution >= 0.6 is 0 Å². The fraction of sp³-hybridized carbons (Fsp3) is 0.414. The molecule has 11 nitrogen and oxygen atoms in total. The standard InChI is InChI=1S/C27H36N8O3.C2H6/c1-27(2,3)38-26(36)31-19-8-6-7-18(15-19)30-24-21(28)17-29-25(33-24)32-22-10-9-20(16-23(22)37-5)35-13-11-34(4)12-14-35;1-2/h6-10,15-17H,11-14,28H2,1-5H3,(H,31,36)(H2,29,30,32,33);1-2H3. The highest BCUT2D eigenvalue weighted by Crippen LogP contribution is 2.32. The van der Waals surface area contributed by atoms with Crippen molar-refractivity contribution in [1.82, 2.24) is 14.9 Å². The van der Waals surface area contributed by atoms with E-state index in [9.17, 15) is 4.79 Å². The SMILES string of the molecule is CC.COc1cc(N2CCN(C)CC2)ccc1Nc1ncc(N)c(Nc2cccc(NC(=O)OC(C)(C)C)c2)n1. The minimum absolute atomic E-state index is 0.357. The van der Waals surface area contributed by atoms with Crippen LogP contribution in [-0.2, 0) is 4.74 Å². The van der Waals surface area contributed by atoms with E-state index < -0.39 is 11.7 Å². The first-order chi connectivity index (χ1) is 19.1. The number of nitrogen functional groups attached to an aromatic ring is 1. The maximum absolute atomic E-state index is 12.1. The molecule has 0 spiro atoms. The quantitative estimate of drug-likeness (QED) is 0.291. The van der Waals surface area contributed by atoms with Gasteiger partial charge in [-0.3, -0.25) is 5.32 Å². The smallest absolute Gasteiger partial charge is 0.412 e. The van der Waals surface area contributed by atoms with Crippen molar-refractivity contribution in [3.63, 3.8) is 0 Å². The van der Waals surface area contributed by atoms with Gasteiger partial charge in [-0.1, -0.05) is 19.9 Å². The molecule has 11 heteroatoms. The van der Waals surface area contributed by atoms with Gasteiger partial charge in [0.1, 0.15) is 11.4 Å². The number of likely N-dealkylation sites (N-methyl/N-ethyl adjacent to an activating group) is 1. The fourth-order valence-electron chi connectivity index (χ4n) is 3.95. The number of carbonyl (C=O) groups is 1. The lowest BCUT2D eigenvalue weighted by Gasteiger charge is -2.34. The van der Waals surface area contributed by atoms with Crippen LogP contribution in [0.5, 0.6) is 5.75 Å². The number of anilines is 7. The number of carbonyl (C=O) groups excluding carboxylic acids is 1. The maximum atomic E-state index is 12.1. The van der Waals surface area contributed by atoms with Crippen molar-refractivity contribution in [2.24, 2.45) is 0 Å². The topological polar surface area (TPSA) is 130 Å². The molecule has 1 aliphatic rings. The Kier molecular flexibility index (Phi) is 10.4. The van der Waals surface area contributed by atoms with Gasteiger partial charge in [-0.05, 0) is 58.2 Å². The van der Waals surface area contributed by atoms with Crippen LogP contribution in [0, 0.1) is 0 Å². The molecule has 2 heterocycles. The van der Waals surface area contributed by atoms with E-state index in [0.29, 0.717) is 34.6 Å². The second-order valence-electron chi connectivity index (χ2n) is 10.1. The lowest BCUT2D eigenvalue weighted by molar-refractivity contribution is 0.0636. The van der Waals surface area contributed by atoms with E-state index in [4.69, 9.17) is 15.2 Å². The summed E-state index contributed by atoms with van der Waals surface area (Å²) in [6.45, 7) is 13.4. The van der Waals surface area contributed by atoms with Gasteiger partial charge in [-0.2, -0.15) is 4.98 Å². The fourth-order valence-corrected chi connectivity index (χ4v) is 3.95. The number of amides is 1. The van der Waals surface area contributed by atoms with Gasteiger partial charge >= 0.3 is 6.09 Å². The van der Waals surface area contributed by atoms with Crippen molar-refractivity contribution < 1.29 is 14.3 Å². The van der Waals surface area contributed by atoms with Crippen molar-refractivity contribution in [3.8, 4) is 5.75 Å². The molecule has 40 heavy (non-hydrogen) atoms. The first-order valence-electron chi connectivity index (χ1n) is 13.5. The Labute approximate surface area is 237 Å². The lowest BCUT2D eigenvalue weighted by atomic mass is 10.2. The molecule has 0 unspecified atom stereocenters. The highest BCUT2D eigenvalue weighted by molar-refractivity contribution is 5.86. The summed E-state index contributed by atoms with van der Waals surface area (Å²) in [4.78, 5) is 25.7. The third-order valence-electron chi connectivity index (χ3n) is 5.89. The Morgan fingerprint density at radius 1 is 1.00 bits per heavy atom. The number of nitrogens with two attached hydrogens (primary N) is 1. The molecule has 0 saturated carbocycles. The summed E-state index contributed by atoms with van der Waals surface area (Å²) >= 11 is 0. The zero-order valence-corrected chi connectivity index (χ0v) is 24.5. The molecule has 0 atom stereocenters. The average Bonchev–Trinajstić information content (AvgIpc) is 2.91. The molecule has 4 rings (SSSR count). The number of rotatable bonds is 7. The van der Waals surface area contributed by atoms with E-state index >= 15 is 0 Å². The summed E-state index contributed by atoms with van der Waals surface area (Å²) < 4.78 is 11.0. The number of piperazine rings is 1. The van der Waals surface area contributed by atoms with Crippen LogP contribution in [0.15, 0.2) is 48.7 Å². The molecule has 0 bridgehead atoms. The van der Waals surface area contributed by atoms with Crippen LogP contribution in [-0.4, -0.2) is 66.9 Å². The number of ether oxygens (including phenoxy) is 2. The van der Waals surface area contributed by atoms with Gasteiger partial charge in [0.25, 0.3) is 0 Å². The number of hydrogen-bond acceptors (Lipinski definition) is 10. The van der Waals surface area contributed by atoms with Crippen molar-refractivity contribution in [2.75, 3.05) is 66.9 Å². The maximum Gasteiger partial charge on any atom is 0.412 e. The van der Waals surface area contributed by atoms with Crippen LogP contribution in [0.3, 0.4) is 0 Å². The number of methoxy groups -OCH3 is 1. The Morgan fingerprint density at radius 3 is 2.38 bits per heavy atom. The second-order valence-corrected chi connectivity index (χ2v) is 10.1. The third-order valence-corrected chi connectivity index (χ3v) is 5.89. The van der Waals surface area contributed by atoms with Gasteiger partial charge in [0.05, 0.1) is 24.7 Å². The van der Waals surface area contributed by atoms with Crippen molar-refractivity contribution in [1.29, 1.82) is 0 Å². The van der Waals surface area contributed by atoms with Crippen molar-refractivity contribution in [2.45, 2.75) is 40.2 Å². The number of nitrogens with zero attached hydrogens (tertiary/aromatic N) is 4. The summed E-state index contributed by atoms with van der Waals surface area (Å²) in [5.41, 5.74) is 9.04. The summed E-state index contributed by atoms with van der Waals surface area (Å²) in [6.07, 6.45) is 1.00. The van der Waals surface area contributed by atoms with Gasteiger partial charge in [0.2, 0.25) is 5.95 Å². The van der Waals surface area contributed by atoms with Gasteiger partial charge in [-0.15, -0.1) is 0 Å². The van der Waals surface area contributed by atoms with Gasteiger partial charge in [0.15, 0.2) is 5.82 Å². The minimum Gasteiger partial charge on any atom is -0.494 e. The average molecular weight is 551 g/mol. The molecule has 1 saturated heterocycles. The van der Waals surface area contributed by atoms with E-state index in [-0.39, 0.29) is 0 Å². The third kappa shape index (κ3) is 8.63. The number of benzene rings is 2. The Balaban J connectivity index is 0.00000216. The van der Waals surface area contributed by atoms with Crippen LogP contribution in [0.4, 0.5) is 45.0 Å². The predicted molar refractivity (Wildman–Crippen MR) is 163 cm³/mol. The molecule has 1 aromatic heterocycles. The largest absolute Gasteiger partial charge is 0.494 e. The molecule has 3 aromatic rings. The minimum atomic E-state index is -0.591. The zero-order chi connectivity index (χ0) is 29.3. The molecule has 5 N–H and O–H groups in total. The first kappa shape index (κ1) is 30.3. The lowest BCUT2D eigenvalue weighted by Crippen LogP contribution is -2.44. The van der Waals surface area contributed by atoms with Gasteiger partial charge in [0, 0.05) is 49.3 Å². The van der Waals surface area contributed by atoms with Gasteiger partial charge in [-0.25, -0.2) is 9.78 Å². The Morgan fingerprint density at radius 2 is 1.70 bits per heavy atom. The molecule has 0 radical (unpaired) electrons. The predicted octanol–water partition coefficient (Wildman–Crippen LogP) is 5.68.